The number of anilines is 2. The second-order valence-corrected chi connectivity index (χ2v) is 7.32. The van der Waals surface area contributed by atoms with Crippen LogP contribution in [0.25, 0.3) is 0 Å². The fraction of sp³-hybridized carbons (Fsp3) is 0.400. The van der Waals surface area contributed by atoms with E-state index in [1.54, 1.807) is 11.0 Å². The Balaban J connectivity index is 1.45. The topological polar surface area (TPSA) is 96.5 Å². The third-order valence-corrected chi connectivity index (χ3v) is 5.11. The Morgan fingerprint density at radius 3 is 2.81 bits per heavy atom. The van der Waals surface area contributed by atoms with Crippen molar-refractivity contribution in [2.45, 2.75) is 31.7 Å². The van der Waals surface area contributed by atoms with E-state index in [4.69, 9.17) is 4.74 Å². The monoisotopic (exact) mass is 435 g/mol. The molecular weight excluding hydrogens is 415 g/mol. The molecule has 164 valence electrons. The summed E-state index contributed by atoms with van der Waals surface area (Å²) in [6.07, 6.45) is -0.317. The third kappa shape index (κ3) is 4.76. The minimum absolute atomic E-state index is 0.00212. The predicted molar refractivity (Wildman–Crippen MR) is 104 cm³/mol. The first-order valence-corrected chi connectivity index (χ1v) is 9.77. The van der Waals surface area contributed by atoms with Gasteiger partial charge in [-0.2, -0.15) is 13.2 Å². The molecular formula is C20H20F3N5O3. The summed E-state index contributed by atoms with van der Waals surface area (Å²) >= 11 is 0. The van der Waals surface area contributed by atoms with Gasteiger partial charge in [-0.1, -0.05) is 6.07 Å². The van der Waals surface area contributed by atoms with Crippen molar-refractivity contribution in [1.82, 2.24) is 15.3 Å². The molecule has 0 aromatic carbocycles. The molecule has 2 amide bonds. The summed E-state index contributed by atoms with van der Waals surface area (Å²) in [5.74, 6) is -0.107. The molecule has 4 heterocycles. The van der Waals surface area contributed by atoms with Crippen molar-refractivity contribution in [3.8, 4) is 0 Å². The minimum Gasteiger partial charge on any atom is -0.376 e. The van der Waals surface area contributed by atoms with Crippen molar-refractivity contribution >= 4 is 23.3 Å². The van der Waals surface area contributed by atoms with E-state index in [9.17, 15) is 22.8 Å². The highest BCUT2D eigenvalue weighted by Gasteiger charge is 2.32. The molecule has 0 spiro atoms. The number of amides is 2. The van der Waals surface area contributed by atoms with Gasteiger partial charge in [0.25, 0.3) is 5.91 Å². The van der Waals surface area contributed by atoms with Crippen LogP contribution in [0.1, 0.15) is 34.5 Å². The number of carbonyl (C=O) groups excluding carboxylic acids is 2. The highest BCUT2D eigenvalue weighted by Crippen LogP contribution is 2.30. The number of ether oxygens (including phenoxy) is 1. The van der Waals surface area contributed by atoms with Crippen LogP contribution < -0.4 is 15.5 Å². The van der Waals surface area contributed by atoms with E-state index in [0.717, 1.165) is 25.1 Å². The number of hydrogen-bond acceptors (Lipinski definition) is 6. The molecule has 0 radical (unpaired) electrons. The second-order valence-electron chi connectivity index (χ2n) is 7.32. The van der Waals surface area contributed by atoms with Gasteiger partial charge in [0.05, 0.1) is 30.4 Å². The number of rotatable bonds is 5. The maximum Gasteiger partial charge on any atom is 0.433 e. The number of nitrogens with zero attached hydrogens (tertiary/aromatic N) is 3. The zero-order valence-corrected chi connectivity index (χ0v) is 16.4. The number of pyridine rings is 2. The summed E-state index contributed by atoms with van der Waals surface area (Å²) in [4.78, 5) is 34.2. The SMILES string of the molecule is O=C(NCc1ccc(C(F)(F)F)nc1)c1cnc2c(c1)N(CC1CCCO1)C(=O)CN2. The van der Waals surface area contributed by atoms with Crippen LogP contribution in [0.3, 0.4) is 0 Å². The first kappa shape index (κ1) is 21.0. The van der Waals surface area contributed by atoms with Gasteiger partial charge >= 0.3 is 6.18 Å². The third-order valence-electron chi connectivity index (χ3n) is 5.11. The molecule has 11 heteroatoms. The number of nitrogens with one attached hydrogen (secondary N) is 2. The predicted octanol–water partition coefficient (Wildman–Crippen LogP) is 2.36. The fourth-order valence-electron chi connectivity index (χ4n) is 3.48. The molecule has 0 saturated carbocycles. The number of carbonyl (C=O) groups is 2. The molecule has 8 nitrogen and oxygen atoms in total. The van der Waals surface area contributed by atoms with Crippen molar-refractivity contribution in [3.05, 3.63) is 47.4 Å². The molecule has 1 saturated heterocycles. The molecule has 0 aliphatic carbocycles. The van der Waals surface area contributed by atoms with Gasteiger partial charge in [0, 0.05) is 25.5 Å². The highest BCUT2D eigenvalue weighted by atomic mass is 19.4. The summed E-state index contributed by atoms with van der Waals surface area (Å²) < 4.78 is 43.4. The van der Waals surface area contributed by atoms with Crippen molar-refractivity contribution in [2.24, 2.45) is 0 Å². The molecule has 1 fully saturated rings. The minimum atomic E-state index is -4.52. The number of halogens is 3. The second kappa shape index (κ2) is 8.50. The quantitative estimate of drug-likeness (QED) is 0.749. The Morgan fingerprint density at radius 2 is 2.13 bits per heavy atom. The van der Waals surface area contributed by atoms with Crippen molar-refractivity contribution in [3.63, 3.8) is 0 Å². The summed E-state index contributed by atoms with van der Waals surface area (Å²) in [7, 11) is 0. The van der Waals surface area contributed by atoms with Crippen molar-refractivity contribution in [2.75, 3.05) is 29.9 Å². The van der Waals surface area contributed by atoms with Crippen LogP contribution >= 0.6 is 0 Å². The van der Waals surface area contributed by atoms with Crippen molar-refractivity contribution < 1.29 is 27.5 Å². The lowest BCUT2D eigenvalue weighted by Gasteiger charge is -2.31. The van der Waals surface area contributed by atoms with Crippen LogP contribution in [-0.2, 0) is 22.3 Å². The molecule has 31 heavy (non-hydrogen) atoms. The molecule has 1 unspecified atom stereocenters. The van der Waals surface area contributed by atoms with E-state index in [1.807, 2.05) is 0 Å². The molecule has 2 aromatic rings. The van der Waals surface area contributed by atoms with Crippen LogP contribution in [0.5, 0.6) is 0 Å². The van der Waals surface area contributed by atoms with Gasteiger partial charge in [-0.05, 0) is 30.5 Å². The summed E-state index contributed by atoms with van der Waals surface area (Å²) in [6, 6.07) is 3.69. The zero-order chi connectivity index (χ0) is 22.0. The molecule has 1 atom stereocenters. The van der Waals surface area contributed by atoms with Gasteiger partial charge in [-0.3, -0.25) is 14.6 Å². The molecule has 2 aromatic heterocycles. The van der Waals surface area contributed by atoms with Gasteiger partial charge in [-0.15, -0.1) is 0 Å². The lowest BCUT2D eigenvalue weighted by Crippen LogP contribution is -2.44. The maximum atomic E-state index is 12.6. The van der Waals surface area contributed by atoms with Crippen LogP contribution in [0.2, 0.25) is 0 Å². The summed E-state index contributed by atoms with van der Waals surface area (Å²) in [5, 5.41) is 5.56. The summed E-state index contributed by atoms with van der Waals surface area (Å²) in [5.41, 5.74) is 0.150. The molecule has 2 aliphatic heterocycles. The van der Waals surface area contributed by atoms with Crippen LogP contribution in [0.4, 0.5) is 24.7 Å². The Bertz CT molecular complexity index is 975. The first-order chi connectivity index (χ1) is 14.8. The average Bonchev–Trinajstić information content (AvgIpc) is 3.26. The number of alkyl halides is 3. The van der Waals surface area contributed by atoms with Crippen LogP contribution in [0, 0.1) is 0 Å². The molecule has 4 rings (SSSR count). The van der Waals surface area contributed by atoms with E-state index < -0.39 is 17.8 Å². The normalized spacial score (nSPS) is 18.5. The molecule has 2 N–H and O–H groups in total. The lowest BCUT2D eigenvalue weighted by molar-refractivity contribution is -0.141. The number of fused-ring (bicyclic) bond motifs is 1. The fourth-order valence-corrected chi connectivity index (χ4v) is 3.48. The summed E-state index contributed by atoms with van der Waals surface area (Å²) in [6.45, 7) is 1.16. The Kier molecular flexibility index (Phi) is 5.77. The Hall–Kier alpha value is -3.21. The lowest BCUT2D eigenvalue weighted by atomic mass is 10.1. The zero-order valence-electron chi connectivity index (χ0n) is 16.4. The van der Waals surface area contributed by atoms with Gasteiger partial charge in [-0.25, -0.2) is 4.98 Å². The van der Waals surface area contributed by atoms with Gasteiger partial charge in [0.1, 0.15) is 11.5 Å². The van der Waals surface area contributed by atoms with E-state index in [-0.39, 0.29) is 30.7 Å². The van der Waals surface area contributed by atoms with E-state index in [0.29, 0.717) is 30.2 Å². The number of aromatic nitrogens is 2. The Labute approximate surface area is 175 Å². The van der Waals surface area contributed by atoms with Crippen LogP contribution in [0.15, 0.2) is 30.6 Å². The van der Waals surface area contributed by atoms with E-state index in [2.05, 4.69) is 20.6 Å². The Morgan fingerprint density at radius 1 is 1.29 bits per heavy atom. The van der Waals surface area contributed by atoms with Crippen LogP contribution in [-0.4, -0.2) is 47.6 Å². The van der Waals surface area contributed by atoms with E-state index >= 15 is 0 Å². The average molecular weight is 435 g/mol. The largest absolute Gasteiger partial charge is 0.433 e. The van der Waals surface area contributed by atoms with Gasteiger partial charge < -0.3 is 20.3 Å². The molecule has 0 bridgehead atoms. The van der Waals surface area contributed by atoms with Gasteiger partial charge in [0.15, 0.2) is 0 Å². The maximum absolute atomic E-state index is 12.6. The van der Waals surface area contributed by atoms with Gasteiger partial charge in [0.2, 0.25) is 5.91 Å². The standard InChI is InChI=1S/C20H20F3N5O3/c21-20(22,23)16-4-3-12(7-24-16)8-27-19(30)13-6-15-18(25-9-13)26-10-17(29)28(15)11-14-2-1-5-31-14/h3-4,6-7,9,14H,1-2,5,8,10-11H2,(H,25,26)(H,27,30). The van der Waals surface area contributed by atoms with Crippen molar-refractivity contribution in [1.29, 1.82) is 0 Å². The molecule has 2 aliphatic rings. The highest BCUT2D eigenvalue weighted by molar-refractivity contribution is 6.04. The smallest absolute Gasteiger partial charge is 0.376 e. The van der Waals surface area contributed by atoms with E-state index in [1.165, 1.54) is 12.3 Å². The first-order valence-electron chi connectivity index (χ1n) is 9.77. The number of hydrogen-bond donors (Lipinski definition) is 2.